The van der Waals surface area contributed by atoms with Gasteiger partial charge in [-0.1, -0.05) is 30.4 Å². The molecule has 0 aromatic heterocycles. The molecule has 0 aliphatic carbocycles. The van der Waals surface area contributed by atoms with Crippen molar-refractivity contribution in [3.05, 3.63) is 28.8 Å². The van der Waals surface area contributed by atoms with Gasteiger partial charge in [0.15, 0.2) is 0 Å². The summed E-state index contributed by atoms with van der Waals surface area (Å²) in [6.45, 7) is 3.87. The van der Waals surface area contributed by atoms with Crippen molar-refractivity contribution in [2.24, 2.45) is 5.73 Å². The summed E-state index contributed by atoms with van der Waals surface area (Å²) in [6.07, 6.45) is 0.555. The van der Waals surface area contributed by atoms with Crippen LogP contribution in [0.15, 0.2) is 18.2 Å². The molecular formula is C15H19ClN2O2. The van der Waals surface area contributed by atoms with E-state index in [9.17, 15) is 4.79 Å². The lowest BCUT2D eigenvalue weighted by atomic mass is 10.0. The lowest BCUT2D eigenvalue weighted by Gasteiger charge is -2.25. The van der Waals surface area contributed by atoms with E-state index in [1.807, 2.05) is 6.92 Å². The molecule has 0 saturated carbocycles. The molecule has 1 unspecified atom stereocenters. The predicted octanol–water partition coefficient (Wildman–Crippen LogP) is 2.40. The van der Waals surface area contributed by atoms with E-state index in [0.717, 1.165) is 0 Å². The van der Waals surface area contributed by atoms with Crippen LogP contribution >= 0.6 is 11.6 Å². The van der Waals surface area contributed by atoms with Crippen LogP contribution < -0.4 is 11.1 Å². The van der Waals surface area contributed by atoms with Gasteiger partial charge in [0.2, 0.25) is 0 Å². The van der Waals surface area contributed by atoms with Gasteiger partial charge in [-0.25, -0.2) is 0 Å². The Morgan fingerprint density at radius 2 is 2.25 bits per heavy atom. The van der Waals surface area contributed by atoms with E-state index in [-0.39, 0.29) is 12.5 Å². The lowest BCUT2D eigenvalue weighted by molar-refractivity contribution is -0.136. The molecule has 1 amide bonds. The van der Waals surface area contributed by atoms with Gasteiger partial charge in [-0.15, -0.1) is 0 Å². The van der Waals surface area contributed by atoms with Crippen molar-refractivity contribution in [2.45, 2.75) is 25.9 Å². The van der Waals surface area contributed by atoms with Gasteiger partial charge in [0.05, 0.1) is 12.2 Å². The van der Waals surface area contributed by atoms with Gasteiger partial charge in [0.25, 0.3) is 5.91 Å². The highest BCUT2D eigenvalue weighted by Crippen LogP contribution is 2.23. The van der Waals surface area contributed by atoms with E-state index < -0.39 is 5.60 Å². The second-order valence-corrected chi connectivity index (χ2v) is 4.87. The normalized spacial score (nSPS) is 13.1. The number of nitrogens with two attached hydrogens (primary N) is 1. The van der Waals surface area contributed by atoms with Crippen molar-refractivity contribution >= 4 is 23.2 Å². The number of hydrogen-bond acceptors (Lipinski definition) is 3. The van der Waals surface area contributed by atoms with E-state index in [1.54, 1.807) is 25.1 Å². The van der Waals surface area contributed by atoms with Gasteiger partial charge in [-0.2, -0.15) is 0 Å². The van der Waals surface area contributed by atoms with E-state index in [1.165, 1.54) is 7.11 Å². The van der Waals surface area contributed by atoms with Crippen molar-refractivity contribution in [1.29, 1.82) is 0 Å². The van der Waals surface area contributed by atoms with E-state index in [0.29, 0.717) is 22.7 Å². The van der Waals surface area contributed by atoms with E-state index in [2.05, 4.69) is 17.2 Å². The van der Waals surface area contributed by atoms with Crippen molar-refractivity contribution in [2.75, 3.05) is 19.0 Å². The molecule has 108 valence electrons. The molecule has 0 bridgehead atoms. The summed E-state index contributed by atoms with van der Waals surface area (Å²) in [5.41, 5.74) is 5.70. The molecule has 1 rings (SSSR count). The molecule has 0 fully saturated rings. The molecule has 1 aromatic carbocycles. The first kappa shape index (κ1) is 16.5. The second kappa shape index (κ2) is 7.30. The summed E-state index contributed by atoms with van der Waals surface area (Å²) in [4.78, 5) is 12.3. The van der Waals surface area contributed by atoms with Gasteiger partial charge in [0, 0.05) is 17.7 Å². The maximum atomic E-state index is 12.3. The third-order valence-corrected chi connectivity index (χ3v) is 3.40. The maximum absolute atomic E-state index is 12.3. The monoisotopic (exact) mass is 294 g/mol. The summed E-state index contributed by atoms with van der Waals surface area (Å²) in [5.74, 6) is 5.42. The zero-order valence-corrected chi connectivity index (χ0v) is 12.7. The molecule has 0 aliphatic heterocycles. The Hall–Kier alpha value is -1.54. The Labute approximate surface area is 124 Å². The van der Waals surface area contributed by atoms with Crippen LogP contribution in [0.25, 0.3) is 0 Å². The summed E-state index contributed by atoms with van der Waals surface area (Å²) in [5, 5.41) is 3.33. The first-order valence-electron chi connectivity index (χ1n) is 6.32. The fourth-order valence-electron chi connectivity index (χ4n) is 1.53. The first-order chi connectivity index (χ1) is 9.46. The zero-order chi connectivity index (χ0) is 15.2. The number of rotatable bonds is 4. The van der Waals surface area contributed by atoms with Gasteiger partial charge in [-0.3, -0.25) is 4.79 Å². The number of amides is 1. The van der Waals surface area contributed by atoms with Gasteiger partial charge in [-0.05, 0) is 31.5 Å². The minimum Gasteiger partial charge on any atom is -0.369 e. The maximum Gasteiger partial charge on any atom is 0.256 e. The van der Waals surface area contributed by atoms with Crippen molar-refractivity contribution in [3.8, 4) is 11.8 Å². The zero-order valence-electron chi connectivity index (χ0n) is 11.9. The third-order valence-electron chi connectivity index (χ3n) is 3.16. The van der Waals surface area contributed by atoms with Crippen LogP contribution in [-0.2, 0) is 9.53 Å². The highest BCUT2D eigenvalue weighted by atomic mass is 35.5. The van der Waals surface area contributed by atoms with E-state index >= 15 is 0 Å². The lowest BCUT2D eigenvalue weighted by Crippen LogP contribution is -2.41. The fraction of sp³-hybridized carbons (Fsp3) is 0.400. The van der Waals surface area contributed by atoms with Gasteiger partial charge >= 0.3 is 0 Å². The third kappa shape index (κ3) is 3.97. The van der Waals surface area contributed by atoms with Crippen LogP contribution in [0.1, 0.15) is 25.8 Å². The average molecular weight is 295 g/mol. The highest BCUT2D eigenvalue weighted by molar-refractivity contribution is 6.31. The Bertz CT molecular complexity index is 543. The molecule has 1 atom stereocenters. The second-order valence-electron chi connectivity index (χ2n) is 4.44. The van der Waals surface area contributed by atoms with Crippen LogP contribution in [-0.4, -0.2) is 25.2 Å². The van der Waals surface area contributed by atoms with Crippen LogP contribution in [0, 0.1) is 11.8 Å². The summed E-state index contributed by atoms with van der Waals surface area (Å²) in [6, 6.07) is 5.12. The molecule has 0 aliphatic rings. The molecule has 5 heteroatoms. The van der Waals surface area contributed by atoms with Crippen LogP contribution in [0.5, 0.6) is 0 Å². The Morgan fingerprint density at radius 1 is 1.55 bits per heavy atom. The van der Waals surface area contributed by atoms with Crippen molar-refractivity contribution in [1.82, 2.24) is 0 Å². The molecule has 0 saturated heterocycles. The smallest absolute Gasteiger partial charge is 0.256 e. The largest absolute Gasteiger partial charge is 0.369 e. The Kier molecular flexibility index (Phi) is 6.03. The quantitative estimate of drug-likeness (QED) is 0.838. The van der Waals surface area contributed by atoms with Crippen molar-refractivity contribution in [3.63, 3.8) is 0 Å². The number of anilines is 1. The molecule has 1 aromatic rings. The summed E-state index contributed by atoms with van der Waals surface area (Å²) in [7, 11) is 1.51. The molecule has 0 spiro atoms. The SMILES string of the molecule is CCC(C)(OC)C(=O)Nc1cc(Cl)ccc1C#CCN. The number of nitrogens with one attached hydrogen (secondary N) is 1. The summed E-state index contributed by atoms with van der Waals surface area (Å²) >= 11 is 5.96. The number of halogens is 1. The first-order valence-corrected chi connectivity index (χ1v) is 6.69. The van der Waals surface area contributed by atoms with Crippen LogP contribution in [0.2, 0.25) is 5.02 Å². The molecule has 0 heterocycles. The number of ether oxygens (including phenoxy) is 1. The minimum absolute atomic E-state index is 0.236. The molecular weight excluding hydrogens is 276 g/mol. The number of methoxy groups -OCH3 is 1. The topological polar surface area (TPSA) is 64.3 Å². The van der Waals surface area contributed by atoms with Gasteiger partial charge in [0.1, 0.15) is 5.60 Å². The highest BCUT2D eigenvalue weighted by Gasteiger charge is 2.31. The van der Waals surface area contributed by atoms with Crippen molar-refractivity contribution < 1.29 is 9.53 Å². The molecule has 0 radical (unpaired) electrons. The fourth-order valence-corrected chi connectivity index (χ4v) is 1.70. The Morgan fingerprint density at radius 3 is 2.80 bits per heavy atom. The van der Waals surface area contributed by atoms with Crippen LogP contribution in [0.3, 0.4) is 0 Å². The Balaban J connectivity index is 3.07. The average Bonchev–Trinajstić information content (AvgIpc) is 2.45. The molecule has 4 nitrogen and oxygen atoms in total. The van der Waals surface area contributed by atoms with Gasteiger partial charge < -0.3 is 15.8 Å². The summed E-state index contributed by atoms with van der Waals surface area (Å²) < 4.78 is 5.27. The number of carbonyl (C=O) groups excluding carboxylic acids is 1. The number of carbonyl (C=O) groups is 1. The molecule has 3 N–H and O–H groups in total. The van der Waals surface area contributed by atoms with E-state index in [4.69, 9.17) is 22.1 Å². The minimum atomic E-state index is -0.888. The number of benzene rings is 1. The number of hydrogen-bond donors (Lipinski definition) is 2. The molecule has 20 heavy (non-hydrogen) atoms. The van der Waals surface area contributed by atoms with Crippen LogP contribution in [0.4, 0.5) is 5.69 Å². The predicted molar refractivity (Wildman–Crippen MR) is 81.7 cm³/mol. The standard InChI is InChI=1S/C15H19ClN2O2/c1-4-15(2,20-3)14(19)18-13-10-12(16)8-7-11(13)6-5-9-17/h7-8,10H,4,9,17H2,1-3H3,(H,18,19).